The summed E-state index contributed by atoms with van der Waals surface area (Å²) in [5.41, 5.74) is 4.46. The molecule has 2 aromatic carbocycles. The number of hydrogen-bond acceptors (Lipinski definition) is 4. The predicted octanol–water partition coefficient (Wildman–Crippen LogP) is 5.40. The molecule has 1 aromatic heterocycles. The van der Waals surface area contributed by atoms with Crippen LogP contribution >= 0.6 is 0 Å². The van der Waals surface area contributed by atoms with Crippen molar-refractivity contribution in [3.63, 3.8) is 0 Å². The molecule has 6 nitrogen and oxygen atoms in total. The molecule has 37 heavy (non-hydrogen) atoms. The summed E-state index contributed by atoms with van der Waals surface area (Å²) in [5, 5.41) is 0. The van der Waals surface area contributed by atoms with Gasteiger partial charge in [-0.1, -0.05) is 50.6 Å². The van der Waals surface area contributed by atoms with Crippen LogP contribution in [0.25, 0.3) is 0 Å². The second-order valence-corrected chi connectivity index (χ2v) is 10.5. The lowest BCUT2D eigenvalue weighted by Crippen LogP contribution is -2.54. The highest BCUT2D eigenvalue weighted by Gasteiger charge is 2.63. The average Bonchev–Trinajstić information content (AvgIpc) is 3.52. The van der Waals surface area contributed by atoms with E-state index in [9.17, 15) is 9.59 Å². The van der Waals surface area contributed by atoms with Crippen LogP contribution in [0.3, 0.4) is 0 Å². The quantitative estimate of drug-likeness (QED) is 0.408. The Bertz CT molecular complexity index is 1300. The molecule has 1 fully saturated rings. The third-order valence-corrected chi connectivity index (χ3v) is 8.52. The zero-order valence-electron chi connectivity index (χ0n) is 22.4. The summed E-state index contributed by atoms with van der Waals surface area (Å²) in [6.07, 6.45) is 1.98. The number of amides is 1. The van der Waals surface area contributed by atoms with Crippen molar-refractivity contribution in [2.45, 2.75) is 57.5 Å². The first-order valence-electron chi connectivity index (χ1n) is 13.2. The Balaban J connectivity index is 1.59. The van der Waals surface area contributed by atoms with Gasteiger partial charge in [-0.15, -0.1) is 0 Å². The number of aryl methyl sites for hydroxylation is 1. The van der Waals surface area contributed by atoms with Crippen molar-refractivity contribution >= 4 is 11.9 Å². The highest BCUT2D eigenvalue weighted by molar-refractivity contribution is 5.99. The number of likely N-dealkylation sites (tertiary alicyclic amines) is 1. The molecule has 2 aliphatic rings. The molecule has 3 aromatic rings. The maximum Gasteiger partial charge on any atom is 0.332 e. The van der Waals surface area contributed by atoms with E-state index in [0.29, 0.717) is 12.1 Å². The van der Waals surface area contributed by atoms with Crippen molar-refractivity contribution in [1.29, 1.82) is 0 Å². The molecule has 4 unspecified atom stereocenters. The number of hydrogen-bond donors (Lipinski definition) is 0. The number of methoxy groups -OCH3 is 2. The number of rotatable bonds is 7. The van der Waals surface area contributed by atoms with Gasteiger partial charge < -0.3 is 18.9 Å². The van der Waals surface area contributed by atoms with E-state index in [4.69, 9.17) is 9.47 Å². The molecule has 1 aliphatic carbocycles. The first kappa shape index (κ1) is 25.1. The molecule has 194 valence electrons. The van der Waals surface area contributed by atoms with Crippen molar-refractivity contribution < 1.29 is 19.1 Å². The van der Waals surface area contributed by atoms with Crippen molar-refractivity contribution in [3.05, 3.63) is 88.7 Å². The highest BCUT2D eigenvalue weighted by Crippen LogP contribution is 2.59. The molecule has 0 N–H and O–H groups in total. The Morgan fingerprint density at radius 2 is 1.76 bits per heavy atom. The topological polar surface area (TPSA) is 60.8 Å². The predicted molar refractivity (Wildman–Crippen MR) is 143 cm³/mol. The second-order valence-electron chi connectivity index (χ2n) is 10.5. The Morgan fingerprint density at radius 3 is 2.38 bits per heavy atom. The number of carbonyl (C=O) groups is 2. The normalized spacial score (nSPS) is 24.0. The van der Waals surface area contributed by atoms with E-state index >= 15 is 0 Å². The number of nitrogens with zero attached hydrogens (tertiary/aromatic N) is 2. The van der Waals surface area contributed by atoms with Crippen molar-refractivity contribution in [2.75, 3.05) is 20.8 Å². The number of carbonyl (C=O) groups excluding carboxylic acids is 2. The molecule has 1 saturated heterocycles. The fourth-order valence-corrected chi connectivity index (χ4v) is 6.71. The van der Waals surface area contributed by atoms with Crippen LogP contribution in [-0.2, 0) is 22.5 Å². The van der Waals surface area contributed by atoms with E-state index in [1.165, 1.54) is 29.6 Å². The van der Waals surface area contributed by atoms with Gasteiger partial charge in [-0.2, -0.15) is 0 Å². The Labute approximate surface area is 219 Å². The summed E-state index contributed by atoms with van der Waals surface area (Å²) in [7, 11) is 3.10. The first-order chi connectivity index (χ1) is 17.8. The first-order valence-corrected chi connectivity index (χ1v) is 13.2. The highest BCUT2D eigenvalue weighted by atomic mass is 16.5. The molecule has 6 heteroatoms. The molecule has 0 radical (unpaired) electrons. The lowest BCUT2D eigenvalue weighted by Gasteiger charge is -2.36. The van der Waals surface area contributed by atoms with Gasteiger partial charge in [-0.05, 0) is 60.7 Å². The van der Waals surface area contributed by atoms with Crippen LogP contribution in [0.4, 0.5) is 0 Å². The summed E-state index contributed by atoms with van der Waals surface area (Å²) < 4.78 is 13.2. The van der Waals surface area contributed by atoms with Gasteiger partial charge >= 0.3 is 5.97 Å². The summed E-state index contributed by atoms with van der Waals surface area (Å²) in [5.74, 6) is 0.578. The van der Waals surface area contributed by atoms with E-state index in [1.807, 2.05) is 49.4 Å². The molecule has 4 atom stereocenters. The Kier molecular flexibility index (Phi) is 6.61. The van der Waals surface area contributed by atoms with Crippen LogP contribution in [0.1, 0.15) is 71.9 Å². The van der Waals surface area contributed by atoms with E-state index < -0.39 is 5.54 Å². The van der Waals surface area contributed by atoms with Crippen LogP contribution in [0, 0.1) is 5.92 Å². The monoisotopic (exact) mass is 500 g/mol. The largest absolute Gasteiger partial charge is 0.497 e. The summed E-state index contributed by atoms with van der Waals surface area (Å²) >= 11 is 0. The van der Waals surface area contributed by atoms with Gasteiger partial charge in [-0.25, -0.2) is 4.79 Å². The Hall–Kier alpha value is -3.54. The van der Waals surface area contributed by atoms with E-state index in [1.54, 1.807) is 12.0 Å². The van der Waals surface area contributed by atoms with E-state index in [2.05, 4.69) is 36.6 Å². The molecular weight excluding hydrogens is 464 g/mol. The number of aromatic nitrogens is 1. The summed E-state index contributed by atoms with van der Waals surface area (Å²) in [6.45, 7) is 7.62. The number of fused-ring (bicyclic) bond motifs is 3. The zero-order chi connectivity index (χ0) is 26.3. The fraction of sp³-hybridized carbons (Fsp3) is 0.419. The molecule has 2 heterocycles. The zero-order valence-corrected chi connectivity index (χ0v) is 22.4. The van der Waals surface area contributed by atoms with Crippen LogP contribution in [0.2, 0.25) is 0 Å². The maximum atomic E-state index is 13.7. The van der Waals surface area contributed by atoms with Gasteiger partial charge in [-0.3, -0.25) is 4.79 Å². The minimum absolute atomic E-state index is 0.120. The molecule has 0 saturated carbocycles. The van der Waals surface area contributed by atoms with Gasteiger partial charge in [0.15, 0.2) is 0 Å². The van der Waals surface area contributed by atoms with Gasteiger partial charge in [0.05, 0.1) is 14.2 Å². The van der Waals surface area contributed by atoms with Gasteiger partial charge in [0, 0.05) is 41.9 Å². The van der Waals surface area contributed by atoms with E-state index in [-0.39, 0.29) is 29.6 Å². The smallest absolute Gasteiger partial charge is 0.332 e. The third-order valence-electron chi connectivity index (χ3n) is 8.52. The molecule has 0 spiro atoms. The molecule has 0 bridgehead atoms. The number of esters is 1. The molecule has 1 aliphatic heterocycles. The fourth-order valence-electron chi connectivity index (χ4n) is 6.71. The van der Waals surface area contributed by atoms with Crippen LogP contribution in [0.5, 0.6) is 5.75 Å². The van der Waals surface area contributed by atoms with Crippen LogP contribution in [-0.4, -0.2) is 47.6 Å². The molecule has 5 rings (SSSR count). The third kappa shape index (κ3) is 3.94. The Morgan fingerprint density at radius 1 is 1.05 bits per heavy atom. The summed E-state index contributed by atoms with van der Waals surface area (Å²) in [6, 6.07) is 19.7. The lowest BCUT2D eigenvalue weighted by atomic mass is 9.78. The van der Waals surface area contributed by atoms with Gasteiger partial charge in [0.25, 0.3) is 5.91 Å². The maximum absolute atomic E-state index is 13.7. The second kappa shape index (κ2) is 9.73. The standard InChI is InChI=1S/C31H36N2O4/c1-6-10-23-17-25-27-26(20(2)28(25)32(23)18-21-13-15-24(36-4)16-14-21)19-33(31(27,3)30(35)37-5)29(34)22-11-8-7-9-12-22/h7-9,11-17,20,26-27H,6,10,18-19H2,1-5H3. The van der Waals surface area contributed by atoms with Crippen molar-refractivity contribution in [2.24, 2.45) is 5.92 Å². The van der Waals surface area contributed by atoms with Crippen molar-refractivity contribution in [3.8, 4) is 5.75 Å². The van der Waals surface area contributed by atoms with Crippen LogP contribution in [0.15, 0.2) is 60.7 Å². The molecular formula is C31H36N2O4. The minimum Gasteiger partial charge on any atom is -0.497 e. The summed E-state index contributed by atoms with van der Waals surface area (Å²) in [4.78, 5) is 28.9. The number of ether oxygens (including phenoxy) is 2. The van der Waals surface area contributed by atoms with Gasteiger partial charge in [0.2, 0.25) is 0 Å². The van der Waals surface area contributed by atoms with Crippen LogP contribution < -0.4 is 4.74 Å². The lowest BCUT2D eigenvalue weighted by molar-refractivity contribution is -0.151. The van der Waals surface area contributed by atoms with Gasteiger partial charge in [0.1, 0.15) is 11.3 Å². The molecule has 1 amide bonds. The van der Waals surface area contributed by atoms with E-state index in [0.717, 1.165) is 25.1 Å². The number of benzene rings is 2. The van der Waals surface area contributed by atoms with Crippen molar-refractivity contribution in [1.82, 2.24) is 9.47 Å². The average molecular weight is 501 g/mol. The minimum atomic E-state index is -1.08. The SMILES string of the molecule is CCCc1cc2c(n1Cc1ccc(OC)cc1)C(C)C1CN(C(=O)c3ccccc3)C(C)(C(=O)OC)C21.